The predicted octanol–water partition coefficient (Wildman–Crippen LogP) is 6.02. The Balaban J connectivity index is 1.96. The SMILES string of the molecule is CCCCCCCCCCCCc1cc[n+](C(C)C)cc1. The van der Waals surface area contributed by atoms with Gasteiger partial charge in [-0.15, -0.1) is 0 Å². The Labute approximate surface area is 132 Å². The molecule has 0 spiro atoms. The van der Waals surface area contributed by atoms with Crippen molar-refractivity contribution < 1.29 is 4.57 Å². The average molecular weight is 291 g/mol. The van der Waals surface area contributed by atoms with Gasteiger partial charge in [0.15, 0.2) is 18.4 Å². The molecule has 0 aliphatic heterocycles. The molecule has 0 saturated heterocycles. The van der Waals surface area contributed by atoms with Crippen LogP contribution >= 0.6 is 0 Å². The molecule has 0 aliphatic carbocycles. The molecule has 0 bridgehead atoms. The molecule has 0 fully saturated rings. The Kier molecular flexibility index (Phi) is 10.2. The summed E-state index contributed by atoms with van der Waals surface area (Å²) in [7, 11) is 0. The standard InChI is InChI=1S/C20H36N/c1-4-5-6-7-8-9-10-11-12-13-14-20-15-17-21(18-16-20)19(2)3/h15-19H,4-14H2,1-3H3/q+1. The molecule has 0 radical (unpaired) electrons. The normalized spacial score (nSPS) is 11.2. The summed E-state index contributed by atoms with van der Waals surface area (Å²) in [5.74, 6) is 0. The van der Waals surface area contributed by atoms with Gasteiger partial charge in [0.05, 0.1) is 0 Å². The van der Waals surface area contributed by atoms with Crippen molar-refractivity contribution in [3.05, 3.63) is 30.1 Å². The Bertz CT molecular complexity index is 339. The first-order chi connectivity index (χ1) is 10.2. The maximum atomic E-state index is 2.29. The van der Waals surface area contributed by atoms with Crippen LogP contribution in [0, 0.1) is 0 Å². The van der Waals surface area contributed by atoms with Crippen molar-refractivity contribution in [1.82, 2.24) is 0 Å². The lowest BCUT2D eigenvalue weighted by atomic mass is 10.0. The fourth-order valence-corrected chi connectivity index (χ4v) is 2.80. The number of hydrogen-bond acceptors (Lipinski definition) is 0. The van der Waals surface area contributed by atoms with Crippen molar-refractivity contribution >= 4 is 0 Å². The van der Waals surface area contributed by atoms with Crippen LogP contribution in [0.25, 0.3) is 0 Å². The van der Waals surface area contributed by atoms with Crippen molar-refractivity contribution in [3.8, 4) is 0 Å². The lowest BCUT2D eigenvalue weighted by Crippen LogP contribution is -2.34. The van der Waals surface area contributed by atoms with Crippen LogP contribution in [-0.4, -0.2) is 0 Å². The number of aryl methyl sites for hydroxylation is 1. The second-order valence-corrected chi connectivity index (χ2v) is 6.68. The monoisotopic (exact) mass is 290 g/mol. The summed E-state index contributed by atoms with van der Waals surface area (Å²) < 4.78 is 2.27. The topological polar surface area (TPSA) is 3.88 Å². The second-order valence-electron chi connectivity index (χ2n) is 6.68. The van der Waals surface area contributed by atoms with Gasteiger partial charge in [0.1, 0.15) is 0 Å². The highest BCUT2D eigenvalue weighted by Crippen LogP contribution is 2.12. The Morgan fingerprint density at radius 1 is 0.762 bits per heavy atom. The van der Waals surface area contributed by atoms with E-state index < -0.39 is 0 Å². The van der Waals surface area contributed by atoms with E-state index in [1.807, 2.05) is 0 Å². The molecular formula is C20H36N+. The highest BCUT2D eigenvalue weighted by atomic mass is 15.0. The number of aromatic nitrogens is 1. The van der Waals surface area contributed by atoms with Gasteiger partial charge in [-0.3, -0.25) is 0 Å². The number of hydrogen-bond donors (Lipinski definition) is 0. The molecule has 0 atom stereocenters. The van der Waals surface area contributed by atoms with Gasteiger partial charge in [-0.1, -0.05) is 64.7 Å². The van der Waals surface area contributed by atoms with Crippen LogP contribution in [0.15, 0.2) is 24.5 Å². The van der Waals surface area contributed by atoms with E-state index in [9.17, 15) is 0 Å². The summed E-state index contributed by atoms with van der Waals surface area (Å²) in [5.41, 5.74) is 1.49. The predicted molar refractivity (Wildman–Crippen MR) is 92.6 cm³/mol. The first kappa shape index (κ1) is 18.2. The van der Waals surface area contributed by atoms with Gasteiger partial charge in [-0.05, 0) is 32.3 Å². The highest BCUT2D eigenvalue weighted by Gasteiger charge is 2.04. The van der Waals surface area contributed by atoms with Gasteiger partial charge < -0.3 is 0 Å². The highest BCUT2D eigenvalue weighted by molar-refractivity contribution is 5.07. The zero-order valence-corrected chi connectivity index (χ0v) is 14.6. The minimum atomic E-state index is 0.566. The third kappa shape index (κ3) is 8.90. The van der Waals surface area contributed by atoms with Gasteiger partial charge >= 0.3 is 0 Å². The van der Waals surface area contributed by atoms with Crippen molar-refractivity contribution in [3.63, 3.8) is 0 Å². The van der Waals surface area contributed by atoms with Gasteiger partial charge in [0.2, 0.25) is 0 Å². The van der Waals surface area contributed by atoms with E-state index in [1.165, 1.54) is 76.2 Å². The minimum absolute atomic E-state index is 0.566. The Morgan fingerprint density at radius 3 is 1.71 bits per heavy atom. The molecule has 21 heavy (non-hydrogen) atoms. The van der Waals surface area contributed by atoms with Gasteiger partial charge in [0.25, 0.3) is 0 Å². The van der Waals surface area contributed by atoms with Crippen LogP contribution in [0.3, 0.4) is 0 Å². The molecule has 1 rings (SSSR count). The third-order valence-electron chi connectivity index (χ3n) is 4.34. The number of unbranched alkanes of at least 4 members (excludes halogenated alkanes) is 9. The summed E-state index contributed by atoms with van der Waals surface area (Å²) in [5, 5.41) is 0. The molecule has 0 aliphatic rings. The van der Waals surface area contributed by atoms with E-state index in [4.69, 9.17) is 0 Å². The van der Waals surface area contributed by atoms with Crippen LogP contribution in [-0.2, 0) is 6.42 Å². The molecule has 1 aromatic heterocycles. The largest absolute Gasteiger partial charge is 0.203 e. The zero-order valence-electron chi connectivity index (χ0n) is 14.6. The quantitative estimate of drug-likeness (QED) is 0.327. The number of pyridine rings is 1. The third-order valence-corrected chi connectivity index (χ3v) is 4.34. The van der Waals surface area contributed by atoms with E-state index in [0.717, 1.165) is 0 Å². The summed E-state index contributed by atoms with van der Waals surface area (Å²) >= 11 is 0. The summed E-state index contributed by atoms with van der Waals surface area (Å²) in [6, 6.07) is 5.14. The molecule has 0 saturated carbocycles. The van der Waals surface area contributed by atoms with Crippen molar-refractivity contribution in [2.45, 2.75) is 97.4 Å². The molecule has 1 aromatic rings. The maximum absolute atomic E-state index is 2.29. The van der Waals surface area contributed by atoms with Crippen LogP contribution in [0.4, 0.5) is 0 Å². The number of nitrogens with zero attached hydrogens (tertiary/aromatic N) is 1. The molecular weight excluding hydrogens is 254 g/mol. The average Bonchev–Trinajstić information content (AvgIpc) is 2.49. The minimum Gasteiger partial charge on any atom is -0.203 e. The smallest absolute Gasteiger partial charge is 0.169 e. The maximum Gasteiger partial charge on any atom is 0.169 e. The van der Waals surface area contributed by atoms with E-state index >= 15 is 0 Å². The Morgan fingerprint density at radius 2 is 1.24 bits per heavy atom. The first-order valence-electron chi connectivity index (χ1n) is 9.23. The van der Waals surface area contributed by atoms with E-state index in [2.05, 4.69) is 49.9 Å². The van der Waals surface area contributed by atoms with Crippen LogP contribution in [0.2, 0.25) is 0 Å². The van der Waals surface area contributed by atoms with Crippen molar-refractivity contribution in [2.24, 2.45) is 0 Å². The summed E-state index contributed by atoms with van der Waals surface area (Å²) in [6.07, 6.45) is 19.9. The molecule has 0 unspecified atom stereocenters. The zero-order chi connectivity index (χ0) is 15.3. The van der Waals surface area contributed by atoms with Gasteiger partial charge in [0, 0.05) is 12.1 Å². The van der Waals surface area contributed by atoms with E-state index in [-0.39, 0.29) is 0 Å². The van der Waals surface area contributed by atoms with E-state index in [1.54, 1.807) is 0 Å². The lowest BCUT2D eigenvalue weighted by Gasteiger charge is -2.04. The molecule has 1 heteroatoms. The fraction of sp³-hybridized carbons (Fsp3) is 0.750. The molecule has 120 valence electrons. The van der Waals surface area contributed by atoms with Crippen LogP contribution < -0.4 is 4.57 Å². The second kappa shape index (κ2) is 11.8. The molecule has 0 amide bonds. The summed E-state index contributed by atoms with van der Waals surface area (Å²) in [4.78, 5) is 0. The molecule has 0 aromatic carbocycles. The van der Waals surface area contributed by atoms with Crippen molar-refractivity contribution in [2.75, 3.05) is 0 Å². The Hall–Kier alpha value is -0.850. The van der Waals surface area contributed by atoms with Crippen LogP contribution in [0.1, 0.15) is 96.6 Å². The lowest BCUT2D eigenvalue weighted by molar-refractivity contribution is -0.716. The van der Waals surface area contributed by atoms with E-state index in [0.29, 0.717) is 6.04 Å². The number of rotatable bonds is 12. The molecule has 1 heterocycles. The molecule has 1 nitrogen and oxygen atoms in total. The fourth-order valence-electron chi connectivity index (χ4n) is 2.80. The first-order valence-corrected chi connectivity index (χ1v) is 9.23. The van der Waals surface area contributed by atoms with Crippen LogP contribution in [0.5, 0.6) is 0 Å². The van der Waals surface area contributed by atoms with Gasteiger partial charge in [-0.2, -0.15) is 0 Å². The van der Waals surface area contributed by atoms with Crippen molar-refractivity contribution in [1.29, 1.82) is 0 Å². The van der Waals surface area contributed by atoms with Gasteiger partial charge in [-0.25, -0.2) is 4.57 Å². The summed E-state index contributed by atoms with van der Waals surface area (Å²) in [6.45, 7) is 6.74. The molecule has 0 N–H and O–H groups in total.